The number of hydrogen-bond acceptors (Lipinski definition) is 2. The summed E-state index contributed by atoms with van der Waals surface area (Å²) >= 11 is 6.25. The van der Waals surface area contributed by atoms with Crippen molar-refractivity contribution in [3.63, 3.8) is 0 Å². The van der Waals surface area contributed by atoms with Gasteiger partial charge >= 0.3 is 0 Å². The van der Waals surface area contributed by atoms with Crippen molar-refractivity contribution in [3.8, 4) is 0 Å². The predicted octanol–water partition coefficient (Wildman–Crippen LogP) is 2.92. The lowest BCUT2D eigenvalue weighted by Crippen LogP contribution is -2.38. The summed E-state index contributed by atoms with van der Waals surface area (Å²) in [5.74, 6) is 0. The Morgan fingerprint density at radius 3 is 2.81 bits per heavy atom. The Balaban J connectivity index is 2.22. The molecule has 2 unspecified atom stereocenters. The van der Waals surface area contributed by atoms with E-state index in [9.17, 15) is 0 Å². The molecule has 1 N–H and O–H groups in total. The maximum absolute atomic E-state index is 6.25. The number of anilines is 1. The van der Waals surface area contributed by atoms with E-state index in [1.54, 1.807) is 0 Å². The van der Waals surface area contributed by atoms with Gasteiger partial charge in [0.05, 0.1) is 10.7 Å². The van der Waals surface area contributed by atoms with Crippen LogP contribution >= 0.6 is 11.6 Å². The van der Waals surface area contributed by atoms with E-state index in [4.69, 9.17) is 11.6 Å². The molecule has 0 saturated carbocycles. The smallest absolute Gasteiger partial charge is 0.0639 e. The lowest BCUT2D eigenvalue weighted by molar-refractivity contribution is 0.548. The molecule has 1 aliphatic heterocycles. The van der Waals surface area contributed by atoms with Crippen LogP contribution in [0.15, 0.2) is 24.3 Å². The first-order chi connectivity index (χ1) is 7.68. The Kier molecular flexibility index (Phi) is 3.72. The Morgan fingerprint density at radius 1 is 1.31 bits per heavy atom. The lowest BCUT2D eigenvalue weighted by Gasteiger charge is -2.29. The Hall–Kier alpha value is -0.730. The van der Waals surface area contributed by atoms with E-state index in [1.807, 2.05) is 12.1 Å². The predicted molar refractivity (Wildman–Crippen MR) is 70.3 cm³/mol. The minimum Gasteiger partial charge on any atom is -0.366 e. The molecule has 0 bridgehead atoms. The molecule has 3 heteroatoms. The summed E-state index contributed by atoms with van der Waals surface area (Å²) in [5.41, 5.74) is 1.16. The van der Waals surface area contributed by atoms with Crippen LogP contribution in [0, 0.1) is 0 Å². The van der Waals surface area contributed by atoms with E-state index in [0.717, 1.165) is 30.2 Å². The molecule has 0 radical (unpaired) electrons. The lowest BCUT2D eigenvalue weighted by atomic mass is 10.2. The van der Waals surface area contributed by atoms with Gasteiger partial charge in [0.1, 0.15) is 0 Å². The largest absolute Gasteiger partial charge is 0.366 e. The van der Waals surface area contributed by atoms with Crippen LogP contribution < -0.4 is 10.2 Å². The van der Waals surface area contributed by atoms with E-state index in [-0.39, 0.29) is 0 Å². The molecule has 1 aromatic carbocycles. The van der Waals surface area contributed by atoms with E-state index in [0.29, 0.717) is 12.1 Å². The number of hydrogen-bond donors (Lipinski definition) is 1. The third-order valence-electron chi connectivity index (χ3n) is 3.26. The van der Waals surface area contributed by atoms with Crippen molar-refractivity contribution in [1.29, 1.82) is 0 Å². The van der Waals surface area contributed by atoms with Crippen molar-refractivity contribution in [1.82, 2.24) is 5.32 Å². The van der Waals surface area contributed by atoms with Crippen LogP contribution in [-0.4, -0.2) is 25.2 Å². The van der Waals surface area contributed by atoms with Crippen LogP contribution in [0.25, 0.3) is 0 Å². The molecule has 2 rings (SSSR count). The van der Waals surface area contributed by atoms with Gasteiger partial charge in [0.2, 0.25) is 0 Å². The molecule has 0 aromatic heterocycles. The van der Waals surface area contributed by atoms with Crippen LogP contribution in [0.4, 0.5) is 5.69 Å². The topological polar surface area (TPSA) is 15.3 Å². The first kappa shape index (κ1) is 11.7. The second-order valence-electron chi connectivity index (χ2n) is 4.59. The fraction of sp³-hybridized carbons (Fsp3) is 0.538. The van der Waals surface area contributed by atoms with Gasteiger partial charge in [-0.15, -0.1) is 0 Å². The number of nitrogens with one attached hydrogen (secondary N) is 1. The Morgan fingerprint density at radius 2 is 2.06 bits per heavy atom. The zero-order valence-corrected chi connectivity index (χ0v) is 10.7. The number of halogens is 1. The first-order valence-electron chi connectivity index (χ1n) is 5.93. The van der Waals surface area contributed by atoms with Crippen LogP contribution in [-0.2, 0) is 0 Å². The average Bonchev–Trinajstić information content (AvgIpc) is 2.43. The Labute approximate surface area is 103 Å². The van der Waals surface area contributed by atoms with Gasteiger partial charge in [0, 0.05) is 25.2 Å². The maximum Gasteiger partial charge on any atom is 0.0639 e. The molecule has 0 amide bonds. The molecule has 1 heterocycles. The van der Waals surface area contributed by atoms with Crippen LogP contribution in [0.2, 0.25) is 5.02 Å². The van der Waals surface area contributed by atoms with E-state index < -0.39 is 0 Å². The highest BCUT2D eigenvalue weighted by Gasteiger charge is 2.21. The fourth-order valence-electron chi connectivity index (χ4n) is 2.18. The second-order valence-corrected chi connectivity index (χ2v) is 5.00. The number of para-hydroxylation sites is 1. The van der Waals surface area contributed by atoms with Crippen LogP contribution in [0.5, 0.6) is 0 Å². The van der Waals surface area contributed by atoms with Crippen molar-refractivity contribution in [3.05, 3.63) is 29.3 Å². The van der Waals surface area contributed by atoms with Gasteiger partial charge in [-0.1, -0.05) is 23.7 Å². The van der Waals surface area contributed by atoms with Crippen LogP contribution in [0.1, 0.15) is 20.3 Å². The summed E-state index contributed by atoms with van der Waals surface area (Å²) in [6.07, 6.45) is 1.16. The molecule has 1 saturated heterocycles. The zero-order chi connectivity index (χ0) is 11.5. The SMILES string of the molecule is CC1CCN(c2ccccc2Cl)C(C)CN1. The summed E-state index contributed by atoms with van der Waals surface area (Å²) < 4.78 is 0. The highest BCUT2D eigenvalue weighted by molar-refractivity contribution is 6.33. The molecule has 1 fully saturated rings. The summed E-state index contributed by atoms with van der Waals surface area (Å²) in [6.45, 7) is 6.57. The zero-order valence-electron chi connectivity index (χ0n) is 9.91. The van der Waals surface area contributed by atoms with Gasteiger partial charge in [-0.05, 0) is 32.4 Å². The second kappa shape index (κ2) is 5.07. The normalized spacial score (nSPS) is 26.6. The van der Waals surface area contributed by atoms with Crippen molar-refractivity contribution < 1.29 is 0 Å². The van der Waals surface area contributed by atoms with E-state index in [1.165, 1.54) is 0 Å². The van der Waals surface area contributed by atoms with Gasteiger partial charge in [-0.3, -0.25) is 0 Å². The summed E-state index contributed by atoms with van der Waals surface area (Å²) in [7, 11) is 0. The summed E-state index contributed by atoms with van der Waals surface area (Å²) in [5, 5.41) is 4.38. The van der Waals surface area contributed by atoms with Gasteiger partial charge in [0.15, 0.2) is 0 Å². The fourth-order valence-corrected chi connectivity index (χ4v) is 2.42. The molecule has 2 nitrogen and oxygen atoms in total. The highest BCUT2D eigenvalue weighted by atomic mass is 35.5. The van der Waals surface area contributed by atoms with Crippen LogP contribution in [0.3, 0.4) is 0 Å². The molecule has 88 valence electrons. The van der Waals surface area contributed by atoms with Crippen molar-refractivity contribution >= 4 is 17.3 Å². The molecule has 0 spiro atoms. The van der Waals surface area contributed by atoms with Crippen molar-refractivity contribution in [2.45, 2.75) is 32.4 Å². The molecule has 2 atom stereocenters. The van der Waals surface area contributed by atoms with Gasteiger partial charge in [0.25, 0.3) is 0 Å². The molecule has 0 aliphatic carbocycles. The van der Waals surface area contributed by atoms with Crippen molar-refractivity contribution in [2.75, 3.05) is 18.0 Å². The third kappa shape index (κ3) is 2.50. The highest BCUT2D eigenvalue weighted by Crippen LogP contribution is 2.27. The van der Waals surface area contributed by atoms with Gasteiger partial charge in [-0.25, -0.2) is 0 Å². The first-order valence-corrected chi connectivity index (χ1v) is 6.31. The van der Waals surface area contributed by atoms with Gasteiger partial charge < -0.3 is 10.2 Å². The number of benzene rings is 1. The monoisotopic (exact) mass is 238 g/mol. The minimum absolute atomic E-state index is 0.491. The van der Waals surface area contributed by atoms with E-state index >= 15 is 0 Å². The number of nitrogens with zero attached hydrogens (tertiary/aromatic N) is 1. The van der Waals surface area contributed by atoms with Gasteiger partial charge in [-0.2, -0.15) is 0 Å². The average molecular weight is 239 g/mol. The molecular weight excluding hydrogens is 220 g/mol. The molecule has 1 aromatic rings. The third-order valence-corrected chi connectivity index (χ3v) is 3.58. The molecule has 16 heavy (non-hydrogen) atoms. The van der Waals surface area contributed by atoms with Crippen molar-refractivity contribution in [2.24, 2.45) is 0 Å². The standard InChI is InChI=1S/C13H19ClN2/c1-10-7-8-16(11(2)9-15-10)13-6-4-3-5-12(13)14/h3-6,10-11,15H,7-9H2,1-2H3. The Bertz CT molecular complexity index is 354. The maximum atomic E-state index is 6.25. The molecular formula is C13H19ClN2. The minimum atomic E-state index is 0.491. The summed E-state index contributed by atoms with van der Waals surface area (Å²) in [4.78, 5) is 2.40. The quantitative estimate of drug-likeness (QED) is 0.810. The molecule has 1 aliphatic rings. The summed E-state index contributed by atoms with van der Waals surface area (Å²) in [6, 6.07) is 9.19. The van der Waals surface area contributed by atoms with E-state index in [2.05, 4.69) is 36.2 Å². The number of rotatable bonds is 1.